The van der Waals surface area contributed by atoms with Crippen LogP contribution in [0.1, 0.15) is 5.56 Å². The Morgan fingerprint density at radius 2 is 1.83 bits per heavy atom. The average Bonchev–Trinajstić information content (AvgIpc) is 2.61. The van der Waals surface area contributed by atoms with E-state index in [9.17, 15) is 4.79 Å². The van der Waals surface area contributed by atoms with Gasteiger partial charge in [0.25, 0.3) is 0 Å². The van der Waals surface area contributed by atoms with Gasteiger partial charge in [-0.3, -0.25) is 4.79 Å². The van der Waals surface area contributed by atoms with Crippen LogP contribution in [0.4, 0.5) is 5.69 Å². The van der Waals surface area contributed by atoms with E-state index in [-0.39, 0.29) is 5.91 Å². The van der Waals surface area contributed by atoms with Crippen LogP contribution in [0, 0.1) is 6.92 Å². The summed E-state index contributed by atoms with van der Waals surface area (Å²) < 4.78 is 1.05. The van der Waals surface area contributed by atoms with Crippen LogP contribution in [0.5, 0.6) is 0 Å². The average molecular weight is 405 g/mol. The maximum absolute atomic E-state index is 12.5. The van der Waals surface area contributed by atoms with E-state index in [1.807, 2.05) is 29.2 Å². The van der Waals surface area contributed by atoms with Crippen LogP contribution in [-0.2, 0) is 4.79 Å². The molecule has 1 fully saturated rings. The Kier molecular flexibility index (Phi) is 5.85. The number of thioether (sulfide) groups is 1. The van der Waals surface area contributed by atoms with Crippen molar-refractivity contribution in [3.8, 4) is 0 Å². The van der Waals surface area contributed by atoms with Crippen LogP contribution in [0.3, 0.4) is 0 Å². The van der Waals surface area contributed by atoms with Gasteiger partial charge in [0.1, 0.15) is 0 Å². The molecular formula is C19H21BrN2OS. The Bertz CT molecular complexity index is 714. The molecule has 2 aromatic carbocycles. The number of anilines is 1. The Balaban J connectivity index is 1.51. The van der Waals surface area contributed by atoms with Crippen LogP contribution in [-0.4, -0.2) is 42.7 Å². The van der Waals surface area contributed by atoms with Crippen molar-refractivity contribution in [2.75, 3.05) is 36.8 Å². The van der Waals surface area contributed by atoms with Crippen molar-refractivity contribution < 1.29 is 4.79 Å². The SMILES string of the molecule is Cc1cccc(N2CCN(C(=O)CSc3ccccc3Br)CC2)c1. The summed E-state index contributed by atoms with van der Waals surface area (Å²) >= 11 is 5.13. The number of piperazine rings is 1. The molecule has 3 rings (SSSR count). The molecule has 126 valence electrons. The lowest BCUT2D eigenvalue weighted by atomic mass is 10.2. The quantitative estimate of drug-likeness (QED) is 0.713. The molecule has 0 spiro atoms. The standard InChI is InChI=1S/C19H21BrN2OS/c1-15-5-4-6-16(13-15)21-9-11-22(12-10-21)19(23)14-24-18-8-3-2-7-17(18)20/h2-8,13H,9-12,14H2,1H3. The van der Waals surface area contributed by atoms with Crippen molar-refractivity contribution in [2.45, 2.75) is 11.8 Å². The highest BCUT2D eigenvalue weighted by molar-refractivity contribution is 9.10. The molecule has 0 unspecified atom stereocenters. The predicted octanol–water partition coefficient (Wildman–Crippen LogP) is 4.20. The first-order chi connectivity index (χ1) is 11.6. The van der Waals surface area contributed by atoms with E-state index in [0.29, 0.717) is 5.75 Å². The number of amides is 1. The van der Waals surface area contributed by atoms with Crippen molar-refractivity contribution in [1.82, 2.24) is 4.90 Å². The maximum atomic E-state index is 12.5. The predicted molar refractivity (Wildman–Crippen MR) is 105 cm³/mol. The third-order valence-electron chi connectivity index (χ3n) is 4.19. The molecule has 1 amide bonds. The molecule has 1 aliphatic heterocycles. The van der Waals surface area contributed by atoms with Gasteiger partial charge in [-0.1, -0.05) is 24.3 Å². The van der Waals surface area contributed by atoms with Crippen molar-refractivity contribution >= 4 is 39.3 Å². The number of halogens is 1. The number of benzene rings is 2. The van der Waals surface area contributed by atoms with Crippen molar-refractivity contribution in [2.24, 2.45) is 0 Å². The molecule has 1 saturated heterocycles. The highest BCUT2D eigenvalue weighted by Crippen LogP contribution is 2.27. The number of carbonyl (C=O) groups is 1. The zero-order chi connectivity index (χ0) is 16.9. The monoisotopic (exact) mass is 404 g/mol. The molecule has 0 N–H and O–H groups in total. The summed E-state index contributed by atoms with van der Waals surface area (Å²) in [5, 5.41) is 0. The van der Waals surface area contributed by atoms with Gasteiger partial charge in [-0.15, -0.1) is 11.8 Å². The number of aryl methyl sites for hydroxylation is 1. The van der Waals surface area contributed by atoms with Crippen LogP contribution in [0.2, 0.25) is 0 Å². The number of carbonyl (C=O) groups excluding carboxylic acids is 1. The molecule has 0 saturated carbocycles. The molecule has 2 aromatic rings. The number of hydrogen-bond donors (Lipinski definition) is 0. The molecule has 0 bridgehead atoms. The third kappa shape index (κ3) is 4.33. The van der Waals surface area contributed by atoms with E-state index >= 15 is 0 Å². The van der Waals surface area contributed by atoms with Gasteiger partial charge in [-0.25, -0.2) is 0 Å². The zero-order valence-corrected chi connectivity index (χ0v) is 16.1. The minimum atomic E-state index is 0.222. The fourth-order valence-electron chi connectivity index (χ4n) is 2.83. The van der Waals surface area contributed by atoms with Crippen molar-refractivity contribution in [3.05, 3.63) is 58.6 Å². The van der Waals surface area contributed by atoms with Crippen LogP contribution >= 0.6 is 27.7 Å². The molecule has 0 atom stereocenters. The lowest BCUT2D eigenvalue weighted by molar-refractivity contribution is -0.128. The lowest BCUT2D eigenvalue weighted by Gasteiger charge is -2.36. The highest BCUT2D eigenvalue weighted by Gasteiger charge is 2.21. The summed E-state index contributed by atoms with van der Waals surface area (Å²) in [5.41, 5.74) is 2.53. The Morgan fingerprint density at radius 3 is 2.54 bits per heavy atom. The Morgan fingerprint density at radius 1 is 1.08 bits per heavy atom. The number of hydrogen-bond acceptors (Lipinski definition) is 3. The van der Waals surface area contributed by atoms with Crippen LogP contribution in [0.15, 0.2) is 57.9 Å². The zero-order valence-electron chi connectivity index (χ0n) is 13.7. The second kappa shape index (κ2) is 8.08. The minimum Gasteiger partial charge on any atom is -0.368 e. The molecule has 5 heteroatoms. The summed E-state index contributed by atoms with van der Waals surface area (Å²) in [7, 11) is 0. The van der Waals surface area contributed by atoms with Gasteiger partial charge < -0.3 is 9.80 Å². The van der Waals surface area contributed by atoms with Crippen molar-refractivity contribution in [3.63, 3.8) is 0 Å². The maximum Gasteiger partial charge on any atom is 0.233 e. The summed E-state index contributed by atoms with van der Waals surface area (Å²) in [6.45, 7) is 5.50. The van der Waals surface area contributed by atoms with E-state index < -0.39 is 0 Å². The fourth-order valence-corrected chi connectivity index (χ4v) is 4.30. The summed E-state index contributed by atoms with van der Waals surface area (Å²) in [6, 6.07) is 16.6. The van der Waals surface area contributed by atoms with Gasteiger partial charge >= 0.3 is 0 Å². The summed E-state index contributed by atoms with van der Waals surface area (Å²) in [6.07, 6.45) is 0. The second-order valence-electron chi connectivity index (χ2n) is 5.93. The largest absolute Gasteiger partial charge is 0.368 e. The molecule has 0 aromatic heterocycles. The van der Waals surface area contributed by atoms with Crippen LogP contribution in [0.25, 0.3) is 0 Å². The normalized spacial score (nSPS) is 14.8. The third-order valence-corrected chi connectivity index (χ3v) is 6.20. The molecule has 3 nitrogen and oxygen atoms in total. The van der Waals surface area contributed by atoms with Gasteiger partial charge in [0.05, 0.1) is 5.75 Å². The first kappa shape index (κ1) is 17.4. The van der Waals surface area contributed by atoms with Gasteiger partial charge in [0.2, 0.25) is 5.91 Å². The molecule has 1 heterocycles. The van der Waals surface area contributed by atoms with Crippen molar-refractivity contribution in [1.29, 1.82) is 0 Å². The van der Waals surface area contributed by atoms with E-state index in [4.69, 9.17) is 0 Å². The smallest absolute Gasteiger partial charge is 0.233 e. The van der Waals surface area contributed by atoms with E-state index in [1.54, 1.807) is 11.8 Å². The fraction of sp³-hybridized carbons (Fsp3) is 0.316. The molecule has 1 aliphatic rings. The summed E-state index contributed by atoms with van der Waals surface area (Å²) in [5.74, 6) is 0.715. The van der Waals surface area contributed by atoms with E-state index in [0.717, 1.165) is 35.5 Å². The first-order valence-electron chi connectivity index (χ1n) is 8.10. The molecule has 0 aliphatic carbocycles. The topological polar surface area (TPSA) is 23.6 Å². The molecule has 0 radical (unpaired) electrons. The first-order valence-corrected chi connectivity index (χ1v) is 9.88. The highest BCUT2D eigenvalue weighted by atomic mass is 79.9. The van der Waals surface area contributed by atoms with Gasteiger partial charge in [0.15, 0.2) is 0 Å². The van der Waals surface area contributed by atoms with E-state index in [1.165, 1.54) is 11.3 Å². The summed E-state index contributed by atoms with van der Waals surface area (Å²) in [4.78, 5) is 17.9. The Labute approximate surface area is 156 Å². The van der Waals surface area contributed by atoms with Gasteiger partial charge in [0, 0.05) is 41.2 Å². The van der Waals surface area contributed by atoms with Gasteiger partial charge in [-0.2, -0.15) is 0 Å². The second-order valence-corrected chi connectivity index (χ2v) is 7.80. The van der Waals surface area contributed by atoms with E-state index in [2.05, 4.69) is 52.0 Å². The molecular weight excluding hydrogens is 384 g/mol. The lowest BCUT2D eigenvalue weighted by Crippen LogP contribution is -2.49. The minimum absolute atomic E-state index is 0.222. The van der Waals surface area contributed by atoms with Crippen LogP contribution < -0.4 is 4.90 Å². The number of nitrogens with zero attached hydrogens (tertiary/aromatic N) is 2. The Hall–Kier alpha value is -1.46. The number of rotatable bonds is 4. The van der Waals surface area contributed by atoms with Gasteiger partial charge in [-0.05, 0) is 52.7 Å². The molecule has 24 heavy (non-hydrogen) atoms.